The number of hydrogen-bond acceptors (Lipinski definition) is 3. The van der Waals surface area contributed by atoms with Crippen LogP contribution in [0.1, 0.15) is 20.8 Å². The van der Waals surface area contributed by atoms with E-state index in [0.29, 0.717) is 31.9 Å². The predicted molar refractivity (Wildman–Crippen MR) is 92.5 cm³/mol. The molecule has 1 heterocycles. The Bertz CT molecular complexity index is 616. The van der Waals surface area contributed by atoms with Crippen LogP contribution in [-0.2, 0) is 9.59 Å². The molecule has 0 aromatic heterocycles. The Kier molecular flexibility index (Phi) is 6.18. The Hall–Kier alpha value is -1.66. The summed E-state index contributed by atoms with van der Waals surface area (Å²) in [6.07, 6.45) is 0. The van der Waals surface area contributed by atoms with Gasteiger partial charge in [0.05, 0.1) is 11.1 Å². The lowest BCUT2D eigenvalue weighted by atomic mass is 10.1. The quantitative estimate of drug-likeness (QED) is 0.903. The number of amides is 2. The highest BCUT2D eigenvalue weighted by atomic mass is 35.5. The summed E-state index contributed by atoms with van der Waals surface area (Å²) < 4.78 is 13.2. The summed E-state index contributed by atoms with van der Waals surface area (Å²) in [6, 6.07) is 3.75. The fourth-order valence-corrected chi connectivity index (χ4v) is 2.86. The molecule has 2 rings (SSSR count). The summed E-state index contributed by atoms with van der Waals surface area (Å²) in [4.78, 5) is 28.2. The van der Waals surface area contributed by atoms with Gasteiger partial charge in [-0.15, -0.1) is 0 Å². The zero-order chi connectivity index (χ0) is 17.9. The maximum absolute atomic E-state index is 13.2. The van der Waals surface area contributed by atoms with E-state index < -0.39 is 5.82 Å². The molecule has 1 aromatic rings. The van der Waals surface area contributed by atoms with Crippen LogP contribution in [0.5, 0.6) is 0 Å². The second kappa shape index (κ2) is 7.94. The highest BCUT2D eigenvalue weighted by Crippen LogP contribution is 2.20. The molecule has 132 valence electrons. The Labute approximate surface area is 146 Å². The Morgan fingerprint density at radius 1 is 1.17 bits per heavy atom. The standard InChI is InChI=1S/C17H23ClFN3O2/c1-11(2)17(24)22-8-6-21(7-9-22)12(3)16(23)20-13-4-5-15(19)14(18)10-13/h4-5,10-12H,6-9H2,1-3H3,(H,20,23). The van der Waals surface area contributed by atoms with Crippen LogP contribution in [0.4, 0.5) is 10.1 Å². The molecule has 1 atom stereocenters. The van der Waals surface area contributed by atoms with E-state index in [9.17, 15) is 14.0 Å². The Morgan fingerprint density at radius 2 is 1.79 bits per heavy atom. The van der Waals surface area contributed by atoms with E-state index in [2.05, 4.69) is 5.32 Å². The predicted octanol–water partition coefficient (Wildman–Crippen LogP) is 2.61. The van der Waals surface area contributed by atoms with Crippen molar-refractivity contribution < 1.29 is 14.0 Å². The number of piperazine rings is 1. The molecule has 0 bridgehead atoms. The molecule has 5 nitrogen and oxygen atoms in total. The first kappa shape index (κ1) is 18.7. The van der Waals surface area contributed by atoms with Gasteiger partial charge in [-0.2, -0.15) is 0 Å². The molecule has 0 radical (unpaired) electrons. The van der Waals surface area contributed by atoms with E-state index in [1.807, 2.05) is 30.6 Å². The number of halogens is 2. The Morgan fingerprint density at radius 3 is 2.33 bits per heavy atom. The number of rotatable bonds is 4. The van der Waals surface area contributed by atoms with Crippen LogP contribution in [0.3, 0.4) is 0 Å². The first-order valence-electron chi connectivity index (χ1n) is 8.08. The lowest BCUT2D eigenvalue weighted by Gasteiger charge is -2.38. The monoisotopic (exact) mass is 355 g/mol. The van der Waals surface area contributed by atoms with Crippen LogP contribution in [0.25, 0.3) is 0 Å². The first-order chi connectivity index (χ1) is 11.3. The minimum Gasteiger partial charge on any atom is -0.340 e. The van der Waals surface area contributed by atoms with Crippen molar-refractivity contribution in [2.45, 2.75) is 26.8 Å². The van der Waals surface area contributed by atoms with E-state index in [4.69, 9.17) is 11.6 Å². The van der Waals surface area contributed by atoms with Gasteiger partial charge in [-0.05, 0) is 25.1 Å². The van der Waals surface area contributed by atoms with E-state index in [0.717, 1.165) is 0 Å². The summed E-state index contributed by atoms with van der Waals surface area (Å²) >= 11 is 5.72. The summed E-state index contributed by atoms with van der Waals surface area (Å²) in [6.45, 7) is 8.14. The molecule has 1 saturated heterocycles. The van der Waals surface area contributed by atoms with Crippen molar-refractivity contribution in [2.75, 3.05) is 31.5 Å². The van der Waals surface area contributed by atoms with Crippen molar-refractivity contribution in [1.82, 2.24) is 9.80 Å². The van der Waals surface area contributed by atoms with Crippen molar-refractivity contribution in [3.8, 4) is 0 Å². The highest BCUT2D eigenvalue weighted by molar-refractivity contribution is 6.31. The molecule has 24 heavy (non-hydrogen) atoms. The van der Waals surface area contributed by atoms with Crippen LogP contribution >= 0.6 is 11.6 Å². The second-order valence-electron chi connectivity index (χ2n) is 6.31. The summed E-state index contributed by atoms with van der Waals surface area (Å²) in [5.74, 6) is -0.567. The molecular formula is C17H23ClFN3O2. The summed E-state index contributed by atoms with van der Waals surface area (Å²) in [5, 5.41) is 2.72. The van der Waals surface area contributed by atoms with Crippen LogP contribution in [-0.4, -0.2) is 53.8 Å². The van der Waals surface area contributed by atoms with Gasteiger partial charge in [0.1, 0.15) is 5.82 Å². The largest absolute Gasteiger partial charge is 0.340 e. The van der Waals surface area contributed by atoms with Gasteiger partial charge >= 0.3 is 0 Å². The molecule has 1 aliphatic heterocycles. The smallest absolute Gasteiger partial charge is 0.241 e. The molecule has 1 aliphatic rings. The third-order valence-corrected chi connectivity index (χ3v) is 4.52. The molecule has 1 fully saturated rings. The van der Waals surface area contributed by atoms with E-state index >= 15 is 0 Å². The third kappa shape index (κ3) is 4.45. The number of anilines is 1. The SMILES string of the molecule is CC(C)C(=O)N1CCN(C(C)C(=O)Nc2ccc(F)c(Cl)c2)CC1. The first-order valence-corrected chi connectivity index (χ1v) is 8.46. The zero-order valence-corrected chi connectivity index (χ0v) is 14.9. The molecular weight excluding hydrogens is 333 g/mol. The molecule has 1 N–H and O–H groups in total. The molecule has 1 aromatic carbocycles. The number of nitrogens with one attached hydrogen (secondary N) is 1. The number of carbonyl (C=O) groups is 2. The molecule has 0 aliphatic carbocycles. The average molecular weight is 356 g/mol. The number of carbonyl (C=O) groups excluding carboxylic acids is 2. The fourth-order valence-electron chi connectivity index (χ4n) is 2.68. The number of benzene rings is 1. The summed E-state index contributed by atoms with van der Waals surface area (Å²) in [5.41, 5.74) is 0.465. The van der Waals surface area contributed by atoms with E-state index in [-0.39, 0.29) is 28.8 Å². The number of nitrogens with zero attached hydrogens (tertiary/aromatic N) is 2. The second-order valence-corrected chi connectivity index (χ2v) is 6.72. The minimum atomic E-state index is -0.520. The maximum Gasteiger partial charge on any atom is 0.241 e. The van der Waals surface area contributed by atoms with Gasteiger partial charge < -0.3 is 10.2 Å². The van der Waals surface area contributed by atoms with Gasteiger partial charge in [0.25, 0.3) is 0 Å². The maximum atomic E-state index is 13.2. The normalized spacial score (nSPS) is 17.0. The van der Waals surface area contributed by atoms with Crippen molar-refractivity contribution in [3.63, 3.8) is 0 Å². The highest BCUT2D eigenvalue weighted by Gasteiger charge is 2.28. The van der Waals surface area contributed by atoms with Crippen molar-refractivity contribution in [2.24, 2.45) is 5.92 Å². The molecule has 0 saturated carbocycles. The molecule has 1 unspecified atom stereocenters. The van der Waals surface area contributed by atoms with Crippen molar-refractivity contribution >= 4 is 29.1 Å². The van der Waals surface area contributed by atoms with Crippen molar-refractivity contribution in [1.29, 1.82) is 0 Å². The van der Waals surface area contributed by atoms with Gasteiger partial charge in [0.2, 0.25) is 11.8 Å². The van der Waals surface area contributed by atoms with Crippen LogP contribution in [0.2, 0.25) is 5.02 Å². The third-order valence-electron chi connectivity index (χ3n) is 4.23. The minimum absolute atomic E-state index is 0.0134. The fraction of sp³-hybridized carbons (Fsp3) is 0.529. The van der Waals surface area contributed by atoms with Crippen LogP contribution in [0, 0.1) is 11.7 Å². The lowest BCUT2D eigenvalue weighted by Crippen LogP contribution is -2.54. The van der Waals surface area contributed by atoms with E-state index in [1.54, 1.807) is 0 Å². The molecule has 7 heteroatoms. The molecule has 2 amide bonds. The lowest BCUT2D eigenvalue weighted by molar-refractivity contribution is -0.136. The van der Waals surface area contributed by atoms with Gasteiger partial charge in [-0.1, -0.05) is 25.4 Å². The topological polar surface area (TPSA) is 52.7 Å². The van der Waals surface area contributed by atoms with Crippen LogP contribution in [0.15, 0.2) is 18.2 Å². The number of hydrogen-bond donors (Lipinski definition) is 1. The Balaban J connectivity index is 1.90. The summed E-state index contributed by atoms with van der Waals surface area (Å²) in [7, 11) is 0. The van der Waals surface area contributed by atoms with Gasteiger partial charge in [0, 0.05) is 37.8 Å². The average Bonchev–Trinajstić information content (AvgIpc) is 2.56. The van der Waals surface area contributed by atoms with Gasteiger partial charge in [-0.25, -0.2) is 4.39 Å². The zero-order valence-electron chi connectivity index (χ0n) is 14.2. The van der Waals surface area contributed by atoms with Gasteiger partial charge in [-0.3, -0.25) is 14.5 Å². The van der Waals surface area contributed by atoms with Crippen molar-refractivity contribution in [3.05, 3.63) is 29.0 Å². The van der Waals surface area contributed by atoms with Crippen LogP contribution < -0.4 is 5.32 Å². The van der Waals surface area contributed by atoms with Gasteiger partial charge in [0.15, 0.2) is 0 Å². The molecule has 0 spiro atoms. The van der Waals surface area contributed by atoms with E-state index in [1.165, 1.54) is 18.2 Å².